The molecule has 0 aromatic carbocycles. The van der Waals surface area contributed by atoms with Crippen molar-refractivity contribution in [3.05, 3.63) is 23.7 Å². The smallest absolute Gasteiger partial charge is 0.130 e. The van der Waals surface area contributed by atoms with Gasteiger partial charge < -0.3 is 9.21 Å². The van der Waals surface area contributed by atoms with Crippen molar-refractivity contribution in [2.24, 2.45) is 0 Å². The van der Waals surface area contributed by atoms with Gasteiger partial charge in [-0.3, -0.25) is 0 Å². The van der Waals surface area contributed by atoms with Gasteiger partial charge in [0.1, 0.15) is 17.3 Å². The van der Waals surface area contributed by atoms with E-state index in [1.165, 1.54) is 0 Å². The van der Waals surface area contributed by atoms with E-state index in [1.54, 1.807) is 6.92 Å². The Balaban J connectivity index is 2.71. The fraction of sp³-hybridized carbons (Fsp3) is 0.583. The fourth-order valence-corrected chi connectivity index (χ4v) is 1.71. The molecule has 0 aliphatic heterocycles. The van der Waals surface area contributed by atoms with Crippen LogP contribution in [0, 0.1) is 6.92 Å². The van der Waals surface area contributed by atoms with Crippen LogP contribution < -0.4 is 0 Å². The standard InChI is InChI=1S/C12H18O2/c1-4-5-11(8-9(2)13)12-7-6-10(3)14-12/h6-7,11H,4-5,8H2,1-3H3. The Hall–Kier alpha value is -1.05. The Morgan fingerprint density at radius 2 is 2.21 bits per heavy atom. The minimum Gasteiger partial charge on any atom is -0.466 e. The van der Waals surface area contributed by atoms with Gasteiger partial charge in [0.05, 0.1) is 0 Å². The van der Waals surface area contributed by atoms with Crippen molar-refractivity contribution in [3.63, 3.8) is 0 Å². The van der Waals surface area contributed by atoms with E-state index >= 15 is 0 Å². The van der Waals surface area contributed by atoms with Crippen LogP contribution in [0.2, 0.25) is 0 Å². The lowest BCUT2D eigenvalue weighted by Crippen LogP contribution is -2.03. The summed E-state index contributed by atoms with van der Waals surface area (Å²) in [5.41, 5.74) is 0. The summed E-state index contributed by atoms with van der Waals surface area (Å²) in [6.07, 6.45) is 2.70. The molecule has 14 heavy (non-hydrogen) atoms. The van der Waals surface area contributed by atoms with Gasteiger partial charge in [-0.15, -0.1) is 0 Å². The summed E-state index contributed by atoms with van der Waals surface area (Å²) in [5.74, 6) is 2.38. The number of hydrogen-bond acceptors (Lipinski definition) is 2. The zero-order valence-corrected chi connectivity index (χ0v) is 9.17. The number of ketones is 1. The van der Waals surface area contributed by atoms with Crippen molar-refractivity contribution >= 4 is 5.78 Å². The second-order valence-corrected chi connectivity index (χ2v) is 3.84. The van der Waals surface area contributed by atoms with Crippen LogP contribution in [-0.2, 0) is 4.79 Å². The summed E-state index contributed by atoms with van der Waals surface area (Å²) in [6, 6.07) is 3.94. The third kappa shape index (κ3) is 3.02. The van der Waals surface area contributed by atoms with Crippen molar-refractivity contribution in [1.82, 2.24) is 0 Å². The molecule has 1 heterocycles. The quantitative estimate of drug-likeness (QED) is 0.718. The van der Waals surface area contributed by atoms with Crippen LogP contribution >= 0.6 is 0 Å². The summed E-state index contributed by atoms with van der Waals surface area (Å²) < 4.78 is 5.55. The van der Waals surface area contributed by atoms with Crippen LogP contribution in [0.15, 0.2) is 16.5 Å². The van der Waals surface area contributed by atoms with Crippen molar-refractivity contribution in [2.75, 3.05) is 0 Å². The van der Waals surface area contributed by atoms with E-state index in [-0.39, 0.29) is 11.7 Å². The SMILES string of the molecule is CCCC(CC(C)=O)c1ccc(C)o1. The van der Waals surface area contributed by atoms with Crippen LogP contribution in [-0.4, -0.2) is 5.78 Å². The molecule has 0 aliphatic carbocycles. The highest BCUT2D eigenvalue weighted by molar-refractivity contribution is 5.76. The molecule has 0 fully saturated rings. The number of hydrogen-bond donors (Lipinski definition) is 0. The lowest BCUT2D eigenvalue weighted by Gasteiger charge is -2.10. The van der Waals surface area contributed by atoms with Gasteiger partial charge in [0, 0.05) is 12.3 Å². The molecule has 0 saturated carbocycles. The van der Waals surface area contributed by atoms with Crippen molar-refractivity contribution in [2.45, 2.75) is 46.0 Å². The highest BCUT2D eigenvalue weighted by Gasteiger charge is 2.15. The van der Waals surface area contributed by atoms with E-state index < -0.39 is 0 Å². The molecule has 0 radical (unpaired) electrons. The van der Waals surface area contributed by atoms with Gasteiger partial charge >= 0.3 is 0 Å². The molecule has 78 valence electrons. The van der Waals surface area contributed by atoms with Gasteiger partial charge in [0.15, 0.2) is 0 Å². The van der Waals surface area contributed by atoms with Crippen molar-refractivity contribution in [1.29, 1.82) is 0 Å². The second kappa shape index (κ2) is 4.99. The van der Waals surface area contributed by atoms with Crippen LogP contribution in [0.25, 0.3) is 0 Å². The summed E-state index contributed by atoms with van der Waals surface area (Å²) in [7, 11) is 0. The molecule has 0 bridgehead atoms. The molecule has 1 atom stereocenters. The number of rotatable bonds is 5. The van der Waals surface area contributed by atoms with Gasteiger partial charge in [0.25, 0.3) is 0 Å². The molecule has 2 heteroatoms. The first-order valence-electron chi connectivity index (χ1n) is 5.19. The molecular formula is C12H18O2. The molecule has 0 saturated heterocycles. The molecule has 0 aliphatic rings. The Morgan fingerprint density at radius 1 is 1.50 bits per heavy atom. The molecule has 0 amide bonds. The number of carbonyl (C=O) groups excluding carboxylic acids is 1. The van der Waals surface area contributed by atoms with Crippen LogP contribution in [0.4, 0.5) is 0 Å². The van der Waals surface area contributed by atoms with Crippen molar-refractivity contribution < 1.29 is 9.21 Å². The molecule has 2 nitrogen and oxygen atoms in total. The maximum absolute atomic E-state index is 11.1. The van der Waals surface area contributed by atoms with Gasteiger partial charge in [-0.2, -0.15) is 0 Å². The Morgan fingerprint density at radius 3 is 2.64 bits per heavy atom. The maximum atomic E-state index is 11.1. The zero-order chi connectivity index (χ0) is 10.6. The molecule has 0 spiro atoms. The van der Waals surface area contributed by atoms with Gasteiger partial charge in [-0.1, -0.05) is 13.3 Å². The Labute approximate surface area is 85.3 Å². The fourth-order valence-electron chi connectivity index (χ4n) is 1.71. The Bertz CT molecular complexity index is 299. The average molecular weight is 194 g/mol. The molecular weight excluding hydrogens is 176 g/mol. The zero-order valence-electron chi connectivity index (χ0n) is 9.17. The topological polar surface area (TPSA) is 30.2 Å². The first-order chi connectivity index (χ1) is 6.63. The summed E-state index contributed by atoms with van der Waals surface area (Å²) in [5, 5.41) is 0. The van der Waals surface area contributed by atoms with E-state index in [1.807, 2.05) is 19.1 Å². The normalized spacial score (nSPS) is 12.8. The largest absolute Gasteiger partial charge is 0.466 e. The van der Waals surface area contributed by atoms with E-state index in [9.17, 15) is 4.79 Å². The number of furan rings is 1. The second-order valence-electron chi connectivity index (χ2n) is 3.84. The molecule has 1 rings (SSSR count). The highest BCUT2D eigenvalue weighted by atomic mass is 16.3. The summed E-state index contributed by atoms with van der Waals surface area (Å²) in [6.45, 7) is 5.70. The van der Waals surface area contributed by atoms with E-state index in [2.05, 4.69) is 6.92 Å². The minimum atomic E-state index is 0.234. The number of carbonyl (C=O) groups is 1. The van der Waals surface area contributed by atoms with E-state index in [4.69, 9.17) is 4.42 Å². The lowest BCUT2D eigenvalue weighted by molar-refractivity contribution is -0.117. The third-order valence-corrected chi connectivity index (χ3v) is 2.33. The first-order valence-corrected chi connectivity index (χ1v) is 5.19. The van der Waals surface area contributed by atoms with Crippen LogP contribution in [0.1, 0.15) is 50.5 Å². The molecule has 1 unspecified atom stereocenters. The summed E-state index contributed by atoms with van der Waals surface area (Å²) in [4.78, 5) is 11.1. The maximum Gasteiger partial charge on any atom is 0.130 e. The van der Waals surface area contributed by atoms with Crippen molar-refractivity contribution in [3.8, 4) is 0 Å². The third-order valence-electron chi connectivity index (χ3n) is 2.33. The monoisotopic (exact) mass is 194 g/mol. The summed E-state index contributed by atoms with van der Waals surface area (Å²) >= 11 is 0. The predicted molar refractivity (Wildman–Crippen MR) is 56.4 cm³/mol. The highest BCUT2D eigenvalue weighted by Crippen LogP contribution is 2.26. The predicted octanol–water partition coefficient (Wildman–Crippen LogP) is 3.45. The minimum absolute atomic E-state index is 0.234. The van der Waals surface area contributed by atoms with Gasteiger partial charge in [-0.25, -0.2) is 0 Å². The molecule has 0 N–H and O–H groups in total. The number of aryl methyl sites for hydroxylation is 1. The van der Waals surface area contributed by atoms with Gasteiger partial charge in [0.2, 0.25) is 0 Å². The lowest BCUT2D eigenvalue weighted by atomic mass is 9.95. The average Bonchev–Trinajstić information content (AvgIpc) is 2.50. The molecule has 1 aromatic rings. The van der Waals surface area contributed by atoms with E-state index in [0.29, 0.717) is 6.42 Å². The Kier molecular flexibility index (Phi) is 3.93. The van der Waals surface area contributed by atoms with Crippen LogP contribution in [0.3, 0.4) is 0 Å². The number of Topliss-reactive ketones (excluding diaryl/α,β-unsaturated/α-hetero) is 1. The first kappa shape index (κ1) is 11.0. The van der Waals surface area contributed by atoms with Gasteiger partial charge in [-0.05, 0) is 32.4 Å². The van der Waals surface area contributed by atoms with Crippen LogP contribution in [0.5, 0.6) is 0 Å². The molecule has 1 aromatic heterocycles. The van der Waals surface area contributed by atoms with E-state index in [0.717, 1.165) is 24.4 Å².